The maximum Gasteiger partial charge on any atom is 0.354 e. The van der Waals surface area contributed by atoms with E-state index in [2.05, 4.69) is 9.88 Å². The molecule has 2 rings (SSSR count). The molecule has 2 heterocycles. The van der Waals surface area contributed by atoms with Crippen LogP contribution in [-0.4, -0.2) is 38.6 Å². The third-order valence-corrected chi connectivity index (χ3v) is 3.37. The molecule has 94 valence electrons. The highest BCUT2D eigenvalue weighted by atomic mass is 16.4. The van der Waals surface area contributed by atoms with Crippen LogP contribution in [0.1, 0.15) is 42.0 Å². The standard InChI is InChI=1S/C12H19N3O2/c1-14-10(12(16)17)8-13-11(14)9-15-6-4-2-3-5-7-15/h8H,2-7,9H2,1H3,(H,16,17). The number of aromatic nitrogens is 2. The van der Waals surface area contributed by atoms with Crippen LogP contribution in [0.2, 0.25) is 0 Å². The van der Waals surface area contributed by atoms with E-state index in [-0.39, 0.29) is 5.69 Å². The van der Waals surface area contributed by atoms with Crippen molar-refractivity contribution in [3.63, 3.8) is 0 Å². The molecule has 0 radical (unpaired) electrons. The summed E-state index contributed by atoms with van der Waals surface area (Å²) in [5, 5.41) is 8.96. The number of carboxylic acid groups (broad SMARTS) is 1. The zero-order valence-electron chi connectivity index (χ0n) is 10.2. The molecule has 5 nitrogen and oxygen atoms in total. The lowest BCUT2D eigenvalue weighted by molar-refractivity contribution is 0.0686. The van der Waals surface area contributed by atoms with Gasteiger partial charge < -0.3 is 9.67 Å². The van der Waals surface area contributed by atoms with Crippen molar-refractivity contribution in [3.05, 3.63) is 17.7 Å². The molecule has 0 unspecified atom stereocenters. The van der Waals surface area contributed by atoms with Gasteiger partial charge in [-0.2, -0.15) is 0 Å². The molecule has 1 saturated heterocycles. The van der Waals surface area contributed by atoms with Gasteiger partial charge >= 0.3 is 5.97 Å². The number of rotatable bonds is 3. The lowest BCUT2D eigenvalue weighted by Gasteiger charge is -2.19. The third-order valence-electron chi connectivity index (χ3n) is 3.37. The van der Waals surface area contributed by atoms with Crippen LogP contribution >= 0.6 is 0 Å². The van der Waals surface area contributed by atoms with E-state index in [4.69, 9.17) is 5.11 Å². The number of likely N-dealkylation sites (tertiary alicyclic amines) is 1. The van der Waals surface area contributed by atoms with Gasteiger partial charge in [0.2, 0.25) is 0 Å². The number of nitrogens with zero attached hydrogens (tertiary/aromatic N) is 3. The molecule has 1 aliphatic heterocycles. The van der Waals surface area contributed by atoms with Gasteiger partial charge in [-0.25, -0.2) is 9.78 Å². The van der Waals surface area contributed by atoms with Crippen LogP contribution in [0.25, 0.3) is 0 Å². The molecule has 0 bridgehead atoms. The zero-order valence-corrected chi connectivity index (χ0v) is 10.2. The van der Waals surface area contributed by atoms with Gasteiger partial charge in [0.1, 0.15) is 11.5 Å². The highest BCUT2D eigenvalue weighted by molar-refractivity contribution is 5.85. The van der Waals surface area contributed by atoms with Gasteiger partial charge in [0.25, 0.3) is 0 Å². The SMILES string of the molecule is Cn1c(C(=O)O)cnc1CN1CCCCCC1. The highest BCUT2D eigenvalue weighted by Gasteiger charge is 2.16. The molecule has 0 aromatic carbocycles. The molecule has 0 spiro atoms. The summed E-state index contributed by atoms with van der Waals surface area (Å²) in [6.07, 6.45) is 6.51. The van der Waals surface area contributed by atoms with Crippen molar-refractivity contribution in [2.45, 2.75) is 32.2 Å². The first-order chi connectivity index (χ1) is 8.18. The normalized spacial score (nSPS) is 17.9. The quantitative estimate of drug-likeness (QED) is 0.865. The number of carboxylic acids is 1. The van der Waals surface area contributed by atoms with Gasteiger partial charge in [-0.15, -0.1) is 0 Å². The summed E-state index contributed by atoms with van der Waals surface area (Å²) in [5.41, 5.74) is 0.259. The Morgan fingerprint density at radius 3 is 2.53 bits per heavy atom. The Morgan fingerprint density at radius 2 is 2.00 bits per heavy atom. The second kappa shape index (κ2) is 5.31. The molecule has 0 atom stereocenters. The Hall–Kier alpha value is -1.36. The topological polar surface area (TPSA) is 58.4 Å². The molecule has 17 heavy (non-hydrogen) atoms. The fourth-order valence-electron chi connectivity index (χ4n) is 2.29. The molecule has 0 saturated carbocycles. The first-order valence-corrected chi connectivity index (χ1v) is 6.14. The molecule has 5 heteroatoms. The Morgan fingerprint density at radius 1 is 1.35 bits per heavy atom. The molecule has 0 aliphatic carbocycles. The number of imidazole rings is 1. The number of aromatic carboxylic acids is 1. The smallest absolute Gasteiger partial charge is 0.354 e. The van der Waals surface area contributed by atoms with E-state index in [1.54, 1.807) is 11.6 Å². The summed E-state index contributed by atoms with van der Waals surface area (Å²) in [5.74, 6) is -0.0774. The molecule has 1 aliphatic rings. The lowest BCUT2D eigenvalue weighted by Crippen LogP contribution is -2.25. The van der Waals surface area contributed by atoms with E-state index in [0.29, 0.717) is 0 Å². The summed E-state index contributed by atoms with van der Waals surface area (Å²) >= 11 is 0. The summed E-state index contributed by atoms with van der Waals surface area (Å²) in [7, 11) is 1.77. The average molecular weight is 237 g/mol. The van der Waals surface area contributed by atoms with Gasteiger partial charge in [0.05, 0.1) is 12.7 Å². The minimum absolute atomic E-state index is 0.259. The zero-order chi connectivity index (χ0) is 12.3. The van der Waals surface area contributed by atoms with E-state index >= 15 is 0 Å². The van der Waals surface area contributed by atoms with Crippen LogP contribution in [0.3, 0.4) is 0 Å². The number of hydrogen-bond donors (Lipinski definition) is 1. The van der Waals surface area contributed by atoms with E-state index in [1.165, 1.54) is 31.9 Å². The van der Waals surface area contributed by atoms with Crippen molar-refractivity contribution < 1.29 is 9.90 Å². The van der Waals surface area contributed by atoms with Crippen LogP contribution in [0.5, 0.6) is 0 Å². The minimum atomic E-state index is -0.915. The van der Waals surface area contributed by atoms with Crippen molar-refractivity contribution in [1.82, 2.24) is 14.5 Å². The van der Waals surface area contributed by atoms with Crippen molar-refractivity contribution in [2.24, 2.45) is 7.05 Å². The fourth-order valence-corrected chi connectivity index (χ4v) is 2.29. The summed E-state index contributed by atoms with van der Waals surface area (Å²) in [4.78, 5) is 17.5. The van der Waals surface area contributed by atoms with Gasteiger partial charge in [0, 0.05) is 7.05 Å². The molecule has 1 aromatic rings. The summed E-state index contributed by atoms with van der Waals surface area (Å²) in [6, 6.07) is 0. The van der Waals surface area contributed by atoms with E-state index in [0.717, 1.165) is 25.5 Å². The first kappa shape index (κ1) is 12.1. The first-order valence-electron chi connectivity index (χ1n) is 6.14. The molecule has 0 amide bonds. The van der Waals surface area contributed by atoms with Crippen LogP contribution in [0, 0.1) is 0 Å². The maximum atomic E-state index is 10.9. The van der Waals surface area contributed by atoms with Crippen LogP contribution in [0.4, 0.5) is 0 Å². The highest BCUT2D eigenvalue weighted by Crippen LogP contribution is 2.13. The molecule has 1 fully saturated rings. The predicted octanol–water partition coefficient (Wildman–Crippen LogP) is 1.49. The van der Waals surface area contributed by atoms with Crippen molar-refractivity contribution >= 4 is 5.97 Å². The Kier molecular flexibility index (Phi) is 3.78. The number of carbonyl (C=O) groups is 1. The average Bonchev–Trinajstić information content (AvgIpc) is 2.52. The van der Waals surface area contributed by atoms with Gasteiger partial charge in [-0.1, -0.05) is 12.8 Å². The van der Waals surface area contributed by atoms with Gasteiger partial charge in [0.15, 0.2) is 0 Å². The van der Waals surface area contributed by atoms with Gasteiger partial charge in [-0.05, 0) is 25.9 Å². The van der Waals surface area contributed by atoms with Crippen LogP contribution in [-0.2, 0) is 13.6 Å². The minimum Gasteiger partial charge on any atom is -0.477 e. The lowest BCUT2D eigenvalue weighted by atomic mass is 10.2. The van der Waals surface area contributed by atoms with Crippen molar-refractivity contribution in [1.29, 1.82) is 0 Å². The summed E-state index contributed by atoms with van der Waals surface area (Å²) < 4.78 is 1.67. The van der Waals surface area contributed by atoms with Gasteiger partial charge in [-0.3, -0.25) is 4.90 Å². The predicted molar refractivity (Wildman–Crippen MR) is 63.9 cm³/mol. The Bertz CT molecular complexity index is 392. The number of hydrogen-bond acceptors (Lipinski definition) is 3. The fraction of sp³-hybridized carbons (Fsp3) is 0.667. The van der Waals surface area contributed by atoms with Crippen LogP contribution in [0.15, 0.2) is 6.20 Å². The molecule has 1 aromatic heterocycles. The second-order valence-corrected chi connectivity index (χ2v) is 4.61. The second-order valence-electron chi connectivity index (χ2n) is 4.61. The van der Waals surface area contributed by atoms with E-state index in [9.17, 15) is 4.79 Å². The van der Waals surface area contributed by atoms with E-state index in [1.807, 2.05) is 0 Å². The third kappa shape index (κ3) is 2.85. The maximum absolute atomic E-state index is 10.9. The molecular formula is C12H19N3O2. The largest absolute Gasteiger partial charge is 0.477 e. The van der Waals surface area contributed by atoms with E-state index < -0.39 is 5.97 Å². The summed E-state index contributed by atoms with van der Waals surface area (Å²) in [6.45, 7) is 2.94. The molecular weight excluding hydrogens is 218 g/mol. The Balaban J connectivity index is 2.05. The monoisotopic (exact) mass is 237 g/mol. The molecule has 1 N–H and O–H groups in total. The van der Waals surface area contributed by atoms with Crippen molar-refractivity contribution in [3.8, 4) is 0 Å². The Labute approximate surface area is 101 Å². The van der Waals surface area contributed by atoms with Crippen molar-refractivity contribution in [2.75, 3.05) is 13.1 Å². The van der Waals surface area contributed by atoms with Crippen LogP contribution < -0.4 is 0 Å².